The van der Waals surface area contributed by atoms with Crippen LogP contribution in [-0.4, -0.2) is 40.8 Å². The van der Waals surface area contributed by atoms with Crippen LogP contribution in [0.4, 0.5) is 8.78 Å². The summed E-state index contributed by atoms with van der Waals surface area (Å²) >= 11 is 0. The van der Waals surface area contributed by atoms with Gasteiger partial charge in [-0.1, -0.05) is 53.4 Å². The zero-order valence-electron chi connectivity index (χ0n) is 26.2. The maximum Gasteiger partial charge on any atom is 0.152 e. The van der Waals surface area contributed by atoms with Crippen molar-refractivity contribution in [1.82, 2.24) is 0 Å². The van der Waals surface area contributed by atoms with Crippen LogP contribution < -0.4 is 10.9 Å². The third-order valence-electron chi connectivity index (χ3n) is 5.56. The van der Waals surface area contributed by atoms with Crippen LogP contribution in [0.5, 0.6) is 0 Å². The Morgan fingerprint density at radius 3 is 1.22 bits per heavy atom. The third kappa shape index (κ3) is 24.4. The molecule has 4 aromatic carbocycles. The second-order valence-corrected chi connectivity index (χ2v) is 8.72. The fourth-order valence-electron chi connectivity index (χ4n) is 3.02. The van der Waals surface area contributed by atoms with Gasteiger partial charge in [0.1, 0.15) is 46.2 Å². The van der Waals surface area contributed by atoms with Crippen molar-refractivity contribution < 1.29 is 224 Å². The Hall–Kier alpha value is 2.17. The van der Waals surface area contributed by atoms with Crippen molar-refractivity contribution in [3.05, 3.63) is 129 Å². The Morgan fingerprint density at radius 1 is 0.435 bits per heavy atom. The van der Waals surface area contributed by atoms with Gasteiger partial charge in [0.05, 0.1) is 0 Å². The normalized spacial score (nSPS) is 8.13. The molecule has 218 valence electrons. The molecule has 4 nitrogen and oxygen atoms in total. The second kappa shape index (κ2) is 34.3. The van der Waals surface area contributed by atoms with Crippen LogP contribution in [0, 0.1) is 39.3 Å². The minimum Gasteiger partial charge on any atom is -0.298 e. The Labute approximate surface area is 424 Å². The zero-order chi connectivity index (χ0) is 30.2. The number of hydrogen-bond donors (Lipinski definition) is 0. The fraction of sp³-hybridized carbons (Fsp3) is 0.125. The van der Waals surface area contributed by atoms with Crippen molar-refractivity contribution in [1.29, 1.82) is 0 Å². The summed E-state index contributed by atoms with van der Waals surface area (Å²) in [6.07, 6.45) is 2.82. The van der Waals surface area contributed by atoms with Gasteiger partial charge in [-0.15, -0.1) is 0 Å². The van der Waals surface area contributed by atoms with Gasteiger partial charge in [0.2, 0.25) is 0 Å². The molecule has 4 rings (SSSR count). The molecule has 0 N–H and O–H groups in total. The van der Waals surface area contributed by atoms with Gasteiger partial charge in [0, 0.05) is 219 Å². The molecule has 0 saturated carbocycles. The number of halogens is 2. The van der Waals surface area contributed by atoms with E-state index in [1.54, 1.807) is 19.1 Å². The Balaban J connectivity index is -0.000000111. The molecule has 46 heavy (non-hydrogen) atoms. The molecule has 0 unspecified atom stereocenters. The van der Waals surface area contributed by atoms with Crippen LogP contribution >= 0.6 is 0 Å². The Bertz CT molecular complexity index is 1380. The van der Waals surface area contributed by atoms with E-state index in [1.807, 2.05) is 45.0 Å². The molecule has 14 heteroatoms. The van der Waals surface area contributed by atoms with Gasteiger partial charge in [-0.2, -0.15) is 0 Å². The van der Waals surface area contributed by atoms with E-state index in [0.29, 0.717) is 40.2 Å². The molecule has 0 atom stereocenters. The van der Waals surface area contributed by atoms with E-state index in [-0.39, 0.29) is 208 Å². The monoisotopic (exact) mass is 1070 g/mol. The summed E-state index contributed by atoms with van der Waals surface area (Å²) in [7, 11) is 10.7. The summed E-state index contributed by atoms with van der Waals surface area (Å²) in [4.78, 5) is 40.8. The van der Waals surface area contributed by atoms with E-state index < -0.39 is 5.82 Å². The first-order valence-electron chi connectivity index (χ1n) is 12.0. The van der Waals surface area contributed by atoms with Crippen LogP contribution in [0.25, 0.3) is 0 Å². The summed E-state index contributed by atoms with van der Waals surface area (Å²) in [5.74, 6) is -0.810. The average molecular weight is 1070 g/mol. The summed E-state index contributed by atoms with van der Waals surface area (Å²) in [6, 6.07) is 19.1. The smallest absolute Gasteiger partial charge is 0.152 e. The summed E-state index contributed by atoms with van der Waals surface area (Å²) in [5.41, 5.74) is 6.82. The first kappa shape index (κ1) is 60.3. The number of benzene rings is 4. The topological polar surface area (TPSA) is 68.3 Å². The summed E-state index contributed by atoms with van der Waals surface area (Å²) in [5, 5.41) is 0. The molecule has 0 fully saturated rings. The standard InChI is InChI=1S/C9H10O.C8H7BO.C8H7FO.C7H4BFO.6Y/c1-7-3-4-9(6-10)5-8(7)2;1-6-2-3-8(9)4-7(6)5-10;1-6-4-7(5-10)2-3-8(6)9;8-6-1-2-7(9)5(3-6)4-10;;;;;;/h3-6H,1-2H3;2*2-5H,1H3;1-4H;;;;;;. The third-order valence-corrected chi connectivity index (χ3v) is 5.56. The minimum atomic E-state index is -0.538. The van der Waals surface area contributed by atoms with E-state index in [2.05, 4.69) is 0 Å². The van der Waals surface area contributed by atoms with Crippen LogP contribution in [0.3, 0.4) is 0 Å². The van der Waals surface area contributed by atoms with E-state index in [9.17, 15) is 28.0 Å². The van der Waals surface area contributed by atoms with Gasteiger partial charge in [-0.05, 0) is 80.3 Å². The minimum absolute atomic E-state index is 0. The molecule has 0 amide bonds. The van der Waals surface area contributed by atoms with Crippen LogP contribution in [0.2, 0.25) is 0 Å². The van der Waals surface area contributed by atoms with E-state index in [1.165, 1.54) is 47.5 Å². The molecule has 0 heterocycles. The van der Waals surface area contributed by atoms with Gasteiger partial charge >= 0.3 is 0 Å². The van der Waals surface area contributed by atoms with Crippen molar-refractivity contribution >= 4 is 51.8 Å². The molecule has 0 aliphatic carbocycles. The largest absolute Gasteiger partial charge is 0.298 e. The van der Waals surface area contributed by atoms with Crippen molar-refractivity contribution in [2.24, 2.45) is 0 Å². The number of rotatable bonds is 4. The fourth-order valence-corrected chi connectivity index (χ4v) is 3.02. The van der Waals surface area contributed by atoms with Crippen LogP contribution in [0.1, 0.15) is 63.7 Å². The Morgan fingerprint density at radius 2 is 0.826 bits per heavy atom. The molecular weight excluding hydrogens is 1040 g/mol. The van der Waals surface area contributed by atoms with E-state index >= 15 is 0 Å². The molecule has 4 aromatic rings. The van der Waals surface area contributed by atoms with Crippen molar-refractivity contribution in [2.75, 3.05) is 0 Å². The molecule has 0 saturated heterocycles. The maximum atomic E-state index is 12.5. The van der Waals surface area contributed by atoms with Gasteiger partial charge in [-0.3, -0.25) is 19.2 Å². The van der Waals surface area contributed by atoms with Gasteiger partial charge in [0.25, 0.3) is 0 Å². The molecule has 0 aliphatic heterocycles. The number of carbonyl (C=O) groups is 4. The maximum absolute atomic E-state index is 12.5. The van der Waals surface area contributed by atoms with E-state index in [0.717, 1.165) is 23.7 Å². The van der Waals surface area contributed by atoms with Gasteiger partial charge in [-0.25, -0.2) is 8.78 Å². The van der Waals surface area contributed by atoms with Gasteiger partial charge in [0.15, 0.2) is 6.29 Å². The van der Waals surface area contributed by atoms with Crippen molar-refractivity contribution in [3.8, 4) is 0 Å². The van der Waals surface area contributed by atoms with Crippen molar-refractivity contribution in [2.45, 2.75) is 27.7 Å². The number of aryl methyl sites for hydroxylation is 4. The summed E-state index contributed by atoms with van der Waals surface area (Å²) < 4.78 is 25.0. The van der Waals surface area contributed by atoms with Crippen LogP contribution in [0.15, 0.2) is 72.8 Å². The number of hydrogen-bond acceptors (Lipinski definition) is 4. The predicted octanol–water partition coefficient (Wildman–Crippen LogP) is 5.08. The first-order valence-corrected chi connectivity index (χ1v) is 12.0. The average Bonchev–Trinajstić information content (AvgIpc) is 2.95. The predicted molar refractivity (Wildman–Crippen MR) is 157 cm³/mol. The molecule has 0 aromatic heterocycles. The Kier molecular flexibility index (Phi) is 44.9. The number of carbonyl (C=O) groups excluding carboxylic acids is 4. The van der Waals surface area contributed by atoms with E-state index in [4.69, 9.17) is 15.7 Å². The van der Waals surface area contributed by atoms with Gasteiger partial charge < -0.3 is 0 Å². The van der Waals surface area contributed by atoms with Crippen molar-refractivity contribution in [3.63, 3.8) is 0 Å². The first-order chi connectivity index (χ1) is 18.9. The molecule has 10 radical (unpaired) electrons. The molecular formula is C32H28B2F2O4Y6. The second-order valence-electron chi connectivity index (χ2n) is 8.72. The molecule has 0 spiro atoms. The quantitative estimate of drug-likeness (QED) is 0.212. The molecule has 0 aliphatic rings. The number of aldehydes is 4. The summed E-state index contributed by atoms with van der Waals surface area (Å²) in [6.45, 7) is 7.54. The molecule has 0 bridgehead atoms. The SMILES string of the molecule is Cc1cc(C=O)ccc1F.Cc1ccc(C=O)cc1C.[B]c1ccc(C)c(C=O)c1.[B]c1ccc(F)c(C=O)c1.[Y].[Y].[Y].[Y].[Y].[Y]. The zero-order valence-corrected chi connectivity index (χ0v) is 43.3. The van der Waals surface area contributed by atoms with Crippen LogP contribution in [-0.2, 0) is 196 Å².